The predicted octanol–water partition coefficient (Wildman–Crippen LogP) is 1.26. The number of rotatable bonds is 5. The number of ether oxygens (including phenoxy) is 2. The third-order valence-electron chi connectivity index (χ3n) is 5.09. The Morgan fingerprint density at radius 3 is 2.75 bits per heavy atom. The van der Waals surface area contributed by atoms with E-state index in [1.54, 1.807) is 24.2 Å². The Morgan fingerprint density at radius 2 is 2.04 bits per heavy atom. The summed E-state index contributed by atoms with van der Waals surface area (Å²) in [7, 11) is 1.91. The van der Waals surface area contributed by atoms with Crippen LogP contribution in [0.1, 0.15) is 21.5 Å². The molecule has 9 heteroatoms. The molecule has 1 saturated heterocycles. The Balaban J connectivity index is 1.52. The second kappa shape index (κ2) is 8.02. The van der Waals surface area contributed by atoms with Crippen LogP contribution >= 0.6 is 11.8 Å². The van der Waals surface area contributed by atoms with Crippen LogP contribution in [0.5, 0.6) is 5.75 Å². The van der Waals surface area contributed by atoms with Crippen LogP contribution in [0.2, 0.25) is 0 Å². The number of benzene rings is 1. The topological polar surface area (TPSA) is 86.5 Å². The van der Waals surface area contributed by atoms with Crippen molar-refractivity contribution in [2.24, 2.45) is 7.05 Å². The molecule has 1 fully saturated rings. The highest BCUT2D eigenvalue weighted by atomic mass is 32.2. The van der Waals surface area contributed by atoms with E-state index in [1.807, 2.05) is 29.5 Å². The lowest BCUT2D eigenvalue weighted by atomic mass is 9.95. The van der Waals surface area contributed by atoms with E-state index in [1.165, 1.54) is 0 Å². The number of morpholine rings is 1. The molecular weight excluding hydrogens is 380 g/mol. The van der Waals surface area contributed by atoms with Crippen molar-refractivity contribution in [3.63, 3.8) is 0 Å². The lowest BCUT2D eigenvalue weighted by Crippen LogP contribution is -2.54. The average Bonchev–Trinajstić information content (AvgIpc) is 3.12. The Labute approximate surface area is 167 Å². The van der Waals surface area contributed by atoms with E-state index < -0.39 is 17.8 Å². The molecule has 2 aliphatic rings. The van der Waals surface area contributed by atoms with Crippen LogP contribution in [0.15, 0.2) is 23.6 Å². The van der Waals surface area contributed by atoms with Crippen molar-refractivity contribution in [1.82, 2.24) is 19.7 Å². The quantitative estimate of drug-likeness (QED) is 0.546. The fourth-order valence-electron chi connectivity index (χ4n) is 3.45. The predicted molar refractivity (Wildman–Crippen MR) is 103 cm³/mol. The zero-order chi connectivity index (χ0) is 19.7. The molecular formula is C19H22N4O4S. The molecule has 0 saturated carbocycles. The maximum Gasteiger partial charge on any atom is 0.259 e. The minimum absolute atomic E-state index is 0.358. The van der Waals surface area contributed by atoms with Crippen molar-refractivity contribution < 1.29 is 19.1 Å². The van der Waals surface area contributed by atoms with Crippen LogP contribution in [0, 0.1) is 6.92 Å². The number of aromatic nitrogens is 3. The number of nitrogens with zero attached hydrogens (tertiary/aromatic N) is 4. The Kier molecular flexibility index (Phi) is 5.47. The van der Waals surface area contributed by atoms with E-state index in [2.05, 4.69) is 10.2 Å². The van der Waals surface area contributed by atoms with Gasteiger partial charge < -0.3 is 14.0 Å². The van der Waals surface area contributed by atoms with Crippen molar-refractivity contribution in [2.75, 3.05) is 32.1 Å². The monoisotopic (exact) mass is 402 g/mol. The SMILES string of the molecule is Cc1c(CCSc2nncn2C)ccc2c1OC(N1CCOCC1)C(=O)C2=O. The third-order valence-corrected chi connectivity index (χ3v) is 6.13. The van der Waals surface area contributed by atoms with Gasteiger partial charge in [0.2, 0.25) is 12.0 Å². The number of carbonyl (C=O) groups is 2. The van der Waals surface area contributed by atoms with Crippen molar-refractivity contribution in [3.8, 4) is 5.75 Å². The molecule has 0 aliphatic carbocycles. The molecule has 1 unspecified atom stereocenters. The third kappa shape index (κ3) is 3.57. The number of fused-ring (bicyclic) bond motifs is 1. The second-order valence-electron chi connectivity index (χ2n) is 6.86. The molecule has 0 spiro atoms. The number of ketones is 2. The van der Waals surface area contributed by atoms with Gasteiger partial charge in [-0.3, -0.25) is 14.5 Å². The van der Waals surface area contributed by atoms with Gasteiger partial charge in [0.05, 0.1) is 18.8 Å². The molecule has 4 rings (SSSR count). The Hall–Kier alpha value is -2.23. The molecule has 28 heavy (non-hydrogen) atoms. The molecule has 2 aliphatic heterocycles. The van der Waals surface area contributed by atoms with Gasteiger partial charge in [-0.05, 0) is 30.5 Å². The molecule has 1 atom stereocenters. The summed E-state index contributed by atoms with van der Waals surface area (Å²) in [6.07, 6.45) is 1.62. The lowest BCUT2D eigenvalue weighted by Gasteiger charge is -2.36. The molecule has 0 N–H and O–H groups in total. The minimum Gasteiger partial charge on any atom is -0.466 e. The van der Waals surface area contributed by atoms with E-state index in [0.717, 1.165) is 28.5 Å². The van der Waals surface area contributed by atoms with E-state index >= 15 is 0 Å². The number of Topliss-reactive ketones (excluding diaryl/α,β-unsaturated/α-hetero) is 2. The first-order chi connectivity index (χ1) is 13.6. The summed E-state index contributed by atoms with van der Waals surface area (Å²) in [5.74, 6) is 0.383. The van der Waals surface area contributed by atoms with Crippen molar-refractivity contribution in [3.05, 3.63) is 35.2 Å². The minimum atomic E-state index is -0.856. The molecule has 1 aromatic carbocycles. The van der Waals surface area contributed by atoms with Crippen LogP contribution in [0.3, 0.4) is 0 Å². The largest absolute Gasteiger partial charge is 0.466 e. The number of thioether (sulfide) groups is 1. The zero-order valence-corrected chi connectivity index (χ0v) is 16.7. The van der Waals surface area contributed by atoms with Gasteiger partial charge in [-0.25, -0.2) is 0 Å². The smallest absolute Gasteiger partial charge is 0.259 e. The molecule has 2 aromatic rings. The van der Waals surface area contributed by atoms with E-state index in [9.17, 15) is 9.59 Å². The summed E-state index contributed by atoms with van der Waals surface area (Å²) in [6, 6.07) is 3.62. The molecule has 1 aromatic heterocycles. The standard InChI is InChI=1S/C19H22N4O4S/c1-12-13(5-10-28-19-21-20-11-22(19)2)3-4-14-15(24)16(25)18(27-17(12)14)23-6-8-26-9-7-23/h3-4,11,18H,5-10H2,1-2H3. The molecule has 148 valence electrons. The van der Waals surface area contributed by atoms with Crippen molar-refractivity contribution >= 4 is 23.3 Å². The zero-order valence-electron chi connectivity index (χ0n) is 15.9. The summed E-state index contributed by atoms with van der Waals surface area (Å²) in [4.78, 5) is 27.1. The van der Waals surface area contributed by atoms with Gasteiger partial charge in [0.1, 0.15) is 12.1 Å². The number of aryl methyl sites for hydroxylation is 2. The van der Waals surface area contributed by atoms with Crippen LogP contribution in [-0.4, -0.2) is 69.5 Å². The normalized spacial score (nSPS) is 20.1. The summed E-state index contributed by atoms with van der Waals surface area (Å²) in [6.45, 7) is 4.16. The van der Waals surface area contributed by atoms with Gasteiger partial charge >= 0.3 is 0 Å². The molecule has 8 nitrogen and oxygen atoms in total. The Bertz CT molecular complexity index is 907. The van der Waals surface area contributed by atoms with Crippen LogP contribution in [0.25, 0.3) is 0 Å². The second-order valence-corrected chi connectivity index (χ2v) is 7.92. The molecule has 0 radical (unpaired) electrons. The fraction of sp³-hybridized carbons (Fsp3) is 0.474. The van der Waals surface area contributed by atoms with Gasteiger partial charge in [0.15, 0.2) is 5.16 Å². The summed E-state index contributed by atoms with van der Waals surface area (Å²) in [5.41, 5.74) is 2.36. The first-order valence-corrected chi connectivity index (χ1v) is 10.2. The lowest BCUT2D eigenvalue weighted by molar-refractivity contribution is -0.134. The van der Waals surface area contributed by atoms with Crippen LogP contribution < -0.4 is 4.74 Å². The van der Waals surface area contributed by atoms with Crippen molar-refractivity contribution in [1.29, 1.82) is 0 Å². The summed E-state index contributed by atoms with van der Waals surface area (Å²) < 4.78 is 13.3. The van der Waals surface area contributed by atoms with Gasteiger partial charge in [-0.15, -0.1) is 10.2 Å². The molecule has 0 bridgehead atoms. The highest BCUT2D eigenvalue weighted by molar-refractivity contribution is 7.99. The van der Waals surface area contributed by atoms with E-state index in [4.69, 9.17) is 9.47 Å². The van der Waals surface area contributed by atoms with Crippen LogP contribution in [0.4, 0.5) is 0 Å². The summed E-state index contributed by atoms with van der Waals surface area (Å²) >= 11 is 1.62. The Morgan fingerprint density at radius 1 is 1.25 bits per heavy atom. The van der Waals surface area contributed by atoms with E-state index in [-0.39, 0.29) is 0 Å². The van der Waals surface area contributed by atoms with Gasteiger partial charge in [-0.2, -0.15) is 0 Å². The maximum atomic E-state index is 12.6. The average molecular weight is 402 g/mol. The van der Waals surface area contributed by atoms with Gasteiger partial charge in [0, 0.05) is 25.9 Å². The first kappa shape index (κ1) is 19.1. The van der Waals surface area contributed by atoms with Crippen molar-refractivity contribution in [2.45, 2.75) is 24.7 Å². The van der Waals surface area contributed by atoms with Gasteiger partial charge in [-0.1, -0.05) is 17.8 Å². The molecule has 0 amide bonds. The highest BCUT2D eigenvalue weighted by Gasteiger charge is 2.40. The first-order valence-electron chi connectivity index (χ1n) is 9.22. The number of hydrogen-bond donors (Lipinski definition) is 0. The van der Waals surface area contributed by atoms with Crippen LogP contribution in [-0.2, 0) is 23.0 Å². The maximum absolute atomic E-state index is 12.6. The fourth-order valence-corrected chi connectivity index (χ4v) is 4.31. The van der Waals surface area contributed by atoms with E-state index in [0.29, 0.717) is 37.6 Å². The number of carbonyl (C=O) groups excluding carboxylic acids is 2. The molecule has 3 heterocycles. The summed E-state index contributed by atoms with van der Waals surface area (Å²) in [5, 5.41) is 8.81. The highest BCUT2D eigenvalue weighted by Crippen LogP contribution is 2.33. The number of hydrogen-bond acceptors (Lipinski definition) is 8. The van der Waals surface area contributed by atoms with Gasteiger partial charge in [0.25, 0.3) is 5.78 Å².